The molecule has 1 N–H and O–H groups in total. The third-order valence-corrected chi connectivity index (χ3v) is 5.26. The maximum Gasteiger partial charge on any atom is 0.223 e. The molecule has 0 radical (unpaired) electrons. The summed E-state index contributed by atoms with van der Waals surface area (Å²) in [7, 11) is 0. The number of hydrogen-bond acceptors (Lipinski definition) is 4. The summed E-state index contributed by atoms with van der Waals surface area (Å²) >= 11 is 0. The fourth-order valence-corrected chi connectivity index (χ4v) is 3.51. The Kier molecular flexibility index (Phi) is 4.57. The summed E-state index contributed by atoms with van der Waals surface area (Å²) in [6, 6.07) is 2.13. The molecule has 1 aliphatic heterocycles. The molecule has 2 aromatic rings. The topological polar surface area (TPSA) is 68.0 Å². The van der Waals surface area contributed by atoms with Crippen molar-refractivity contribution >= 4 is 5.91 Å². The van der Waals surface area contributed by atoms with E-state index in [-0.39, 0.29) is 11.8 Å². The van der Waals surface area contributed by atoms with Crippen LogP contribution >= 0.6 is 0 Å². The Labute approximate surface area is 148 Å². The van der Waals surface area contributed by atoms with Crippen molar-refractivity contribution < 1.29 is 4.79 Å². The van der Waals surface area contributed by atoms with E-state index in [0.29, 0.717) is 6.54 Å². The standard InChI is InChI=1S/C18H26N6O/c1-2-23-12-14(9-20-23)11-22-6-7-24-17(13-22)8-16(21-24)10-19-18(25)15-4-3-5-15/h8-9,12,15H,2-7,10-11,13H2,1H3,(H,19,25). The van der Waals surface area contributed by atoms with Crippen LogP contribution in [0.5, 0.6) is 0 Å². The molecule has 2 aliphatic rings. The van der Waals surface area contributed by atoms with Gasteiger partial charge in [-0.1, -0.05) is 6.42 Å². The van der Waals surface area contributed by atoms with E-state index in [4.69, 9.17) is 0 Å². The lowest BCUT2D eigenvalue weighted by Gasteiger charge is -2.26. The van der Waals surface area contributed by atoms with Gasteiger partial charge in [0.05, 0.1) is 30.7 Å². The van der Waals surface area contributed by atoms with Gasteiger partial charge in [0.25, 0.3) is 0 Å². The van der Waals surface area contributed by atoms with Crippen LogP contribution in [0.3, 0.4) is 0 Å². The van der Waals surface area contributed by atoms with Crippen LogP contribution in [0.4, 0.5) is 0 Å². The first-order valence-corrected chi connectivity index (χ1v) is 9.28. The summed E-state index contributed by atoms with van der Waals surface area (Å²) < 4.78 is 4.04. The lowest BCUT2D eigenvalue weighted by Crippen LogP contribution is -2.34. The zero-order valence-electron chi connectivity index (χ0n) is 14.8. The second kappa shape index (κ2) is 7.00. The van der Waals surface area contributed by atoms with Crippen molar-refractivity contribution in [1.29, 1.82) is 0 Å². The SMILES string of the molecule is CCn1cc(CN2CCn3nc(CNC(=O)C4CCC4)cc3C2)cn1. The first-order valence-electron chi connectivity index (χ1n) is 9.28. The summed E-state index contributed by atoms with van der Waals surface area (Å²) in [6.45, 7) is 7.23. The van der Waals surface area contributed by atoms with Crippen molar-refractivity contribution in [3.8, 4) is 0 Å². The molecular weight excluding hydrogens is 316 g/mol. The van der Waals surface area contributed by atoms with Gasteiger partial charge >= 0.3 is 0 Å². The number of hydrogen-bond donors (Lipinski definition) is 1. The zero-order chi connectivity index (χ0) is 17.2. The minimum atomic E-state index is 0.187. The summed E-state index contributed by atoms with van der Waals surface area (Å²) in [6.07, 6.45) is 7.33. The quantitative estimate of drug-likeness (QED) is 0.864. The van der Waals surface area contributed by atoms with Crippen molar-refractivity contribution in [2.24, 2.45) is 5.92 Å². The highest BCUT2D eigenvalue weighted by Crippen LogP contribution is 2.26. The molecule has 0 atom stereocenters. The fraction of sp³-hybridized carbons (Fsp3) is 0.611. The van der Waals surface area contributed by atoms with Crippen LogP contribution in [0.2, 0.25) is 0 Å². The van der Waals surface area contributed by atoms with Crippen molar-refractivity contribution in [3.05, 3.63) is 35.4 Å². The summed E-state index contributed by atoms with van der Waals surface area (Å²) in [5, 5.41) is 12.0. The predicted octanol–water partition coefficient (Wildman–Crippen LogP) is 1.53. The lowest BCUT2D eigenvalue weighted by atomic mass is 9.85. The van der Waals surface area contributed by atoms with Gasteiger partial charge in [-0.25, -0.2) is 0 Å². The van der Waals surface area contributed by atoms with Crippen LogP contribution in [0.15, 0.2) is 18.5 Å². The van der Waals surface area contributed by atoms with Gasteiger partial charge in [0.15, 0.2) is 0 Å². The Bertz CT molecular complexity index is 745. The number of nitrogens with zero attached hydrogens (tertiary/aromatic N) is 5. The van der Waals surface area contributed by atoms with Crippen molar-refractivity contribution in [2.45, 2.75) is 58.9 Å². The minimum absolute atomic E-state index is 0.187. The second-order valence-corrected chi connectivity index (χ2v) is 7.11. The molecule has 4 rings (SSSR count). The molecule has 7 nitrogen and oxygen atoms in total. The number of aromatic nitrogens is 4. The molecular formula is C18H26N6O. The molecule has 0 unspecified atom stereocenters. The molecule has 7 heteroatoms. The molecule has 1 fully saturated rings. The van der Waals surface area contributed by atoms with Crippen molar-refractivity contribution in [1.82, 2.24) is 29.8 Å². The monoisotopic (exact) mass is 342 g/mol. The minimum Gasteiger partial charge on any atom is -0.350 e. The largest absolute Gasteiger partial charge is 0.350 e. The van der Waals surface area contributed by atoms with E-state index in [0.717, 1.165) is 51.3 Å². The molecule has 1 amide bonds. The van der Waals surface area contributed by atoms with E-state index < -0.39 is 0 Å². The van der Waals surface area contributed by atoms with Gasteiger partial charge < -0.3 is 5.32 Å². The van der Waals surface area contributed by atoms with Gasteiger partial charge in [-0.2, -0.15) is 10.2 Å². The van der Waals surface area contributed by atoms with E-state index in [1.54, 1.807) is 0 Å². The van der Waals surface area contributed by atoms with Crippen LogP contribution < -0.4 is 5.32 Å². The number of aryl methyl sites for hydroxylation is 1. The molecule has 3 heterocycles. The first kappa shape index (κ1) is 16.3. The molecule has 134 valence electrons. The number of fused-ring (bicyclic) bond motifs is 1. The Morgan fingerprint density at radius 2 is 2.24 bits per heavy atom. The number of rotatable bonds is 6. The Hall–Kier alpha value is -2.15. The smallest absolute Gasteiger partial charge is 0.223 e. The maximum atomic E-state index is 12.0. The maximum absolute atomic E-state index is 12.0. The van der Waals surface area contributed by atoms with Crippen molar-refractivity contribution in [3.63, 3.8) is 0 Å². The van der Waals surface area contributed by atoms with E-state index >= 15 is 0 Å². The highest BCUT2D eigenvalue weighted by molar-refractivity contribution is 5.79. The number of nitrogens with one attached hydrogen (secondary N) is 1. The predicted molar refractivity (Wildman–Crippen MR) is 93.4 cm³/mol. The molecule has 2 aromatic heterocycles. The van der Waals surface area contributed by atoms with Gasteiger partial charge in [0.1, 0.15) is 0 Å². The molecule has 25 heavy (non-hydrogen) atoms. The molecule has 1 aliphatic carbocycles. The van der Waals surface area contributed by atoms with Crippen LogP contribution in [-0.4, -0.2) is 36.9 Å². The third kappa shape index (κ3) is 3.61. The van der Waals surface area contributed by atoms with Gasteiger partial charge in [-0.15, -0.1) is 0 Å². The number of carbonyl (C=O) groups is 1. The lowest BCUT2D eigenvalue weighted by molar-refractivity contribution is -0.127. The molecule has 0 spiro atoms. The highest BCUT2D eigenvalue weighted by atomic mass is 16.1. The average Bonchev–Trinajstić information content (AvgIpc) is 3.17. The summed E-state index contributed by atoms with van der Waals surface area (Å²) in [4.78, 5) is 14.4. The fourth-order valence-electron chi connectivity index (χ4n) is 3.51. The Balaban J connectivity index is 1.33. The molecule has 1 saturated carbocycles. The molecule has 0 saturated heterocycles. The number of amides is 1. The van der Waals surface area contributed by atoms with E-state index in [2.05, 4.69) is 44.3 Å². The van der Waals surface area contributed by atoms with E-state index in [1.807, 2.05) is 10.9 Å². The zero-order valence-corrected chi connectivity index (χ0v) is 14.8. The Morgan fingerprint density at radius 1 is 1.36 bits per heavy atom. The van der Waals surface area contributed by atoms with Gasteiger partial charge in [0.2, 0.25) is 5.91 Å². The van der Waals surface area contributed by atoms with Crippen LogP contribution in [0.1, 0.15) is 43.1 Å². The van der Waals surface area contributed by atoms with E-state index in [1.165, 1.54) is 17.7 Å². The number of carbonyl (C=O) groups excluding carboxylic acids is 1. The highest BCUT2D eigenvalue weighted by Gasteiger charge is 2.25. The molecule has 0 aromatic carbocycles. The first-order chi connectivity index (χ1) is 12.2. The van der Waals surface area contributed by atoms with Gasteiger partial charge in [-0.3, -0.25) is 19.1 Å². The van der Waals surface area contributed by atoms with E-state index in [9.17, 15) is 4.79 Å². The van der Waals surface area contributed by atoms with Crippen LogP contribution in [0, 0.1) is 5.92 Å². The average molecular weight is 342 g/mol. The van der Waals surface area contributed by atoms with Gasteiger partial charge in [-0.05, 0) is 25.8 Å². The van der Waals surface area contributed by atoms with Gasteiger partial charge in [0, 0.05) is 43.9 Å². The Morgan fingerprint density at radius 3 is 2.96 bits per heavy atom. The van der Waals surface area contributed by atoms with Crippen molar-refractivity contribution in [2.75, 3.05) is 6.54 Å². The second-order valence-electron chi connectivity index (χ2n) is 7.11. The molecule has 0 bridgehead atoms. The summed E-state index contributed by atoms with van der Waals surface area (Å²) in [5.74, 6) is 0.420. The normalized spacial score (nSPS) is 18.0. The van der Waals surface area contributed by atoms with Crippen LogP contribution in [0.25, 0.3) is 0 Å². The summed E-state index contributed by atoms with van der Waals surface area (Å²) in [5.41, 5.74) is 3.44. The van der Waals surface area contributed by atoms with Crippen LogP contribution in [-0.2, 0) is 37.5 Å². The third-order valence-electron chi connectivity index (χ3n) is 5.26.